The lowest BCUT2D eigenvalue weighted by atomic mass is 9.87. The van der Waals surface area contributed by atoms with E-state index >= 15 is 0 Å². The van der Waals surface area contributed by atoms with Crippen molar-refractivity contribution < 1.29 is 9.53 Å². The number of aryl methyl sites for hydroxylation is 1. The van der Waals surface area contributed by atoms with Crippen molar-refractivity contribution in [2.75, 3.05) is 13.6 Å². The third-order valence-electron chi connectivity index (χ3n) is 3.81. The molecule has 4 heteroatoms. The summed E-state index contributed by atoms with van der Waals surface area (Å²) in [5, 5.41) is 6.12. The van der Waals surface area contributed by atoms with Gasteiger partial charge in [0.05, 0.1) is 0 Å². The summed E-state index contributed by atoms with van der Waals surface area (Å²) in [6, 6.07) is 6.60. The quantitative estimate of drug-likeness (QED) is 0.866. The Morgan fingerprint density at radius 3 is 3.00 bits per heavy atom. The molecule has 0 aliphatic heterocycles. The number of ether oxygens (including phenoxy) is 1. The van der Waals surface area contributed by atoms with Gasteiger partial charge in [-0.2, -0.15) is 0 Å². The van der Waals surface area contributed by atoms with Crippen LogP contribution >= 0.6 is 0 Å². The van der Waals surface area contributed by atoms with Crippen LogP contribution in [0, 0.1) is 0 Å². The van der Waals surface area contributed by atoms with E-state index in [4.69, 9.17) is 4.74 Å². The smallest absolute Gasteiger partial charge is 0.260 e. The van der Waals surface area contributed by atoms with Crippen molar-refractivity contribution in [1.29, 1.82) is 0 Å². The number of rotatable bonds is 5. The molecule has 1 amide bonds. The van der Waals surface area contributed by atoms with Crippen molar-refractivity contribution in [3.05, 3.63) is 29.3 Å². The molecular weight excluding hydrogens is 252 g/mol. The number of fused-ring (bicyclic) bond motifs is 1. The molecule has 1 aromatic rings. The van der Waals surface area contributed by atoms with Gasteiger partial charge in [-0.15, -0.1) is 0 Å². The average Bonchev–Trinajstić information content (AvgIpc) is 2.46. The molecule has 1 aliphatic rings. The topological polar surface area (TPSA) is 50.4 Å². The summed E-state index contributed by atoms with van der Waals surface area (Å²) in [6.07, 6.45) is 2.99. The molecule has 0 saturated carbocycles. The summed E-state index contributed by atoms with van der Waals surface area (Å²) >= 11 is 0. The molecule has 1 aromatic carbocycles. The molecule has 0 saturated heterocycles. The predicted molar refractivity (Wildman–Crippen MR) is 80.0 cm³/mol. The Balaban J connectivity index is 2.09. The van der Waals surface area contributed by atoms with Gasteiger partial charge >= 0.3 is 0 Å². The Labute approximate surface area is 120 Å². The lowest BCUT2D eigenvalue weighted by Gasteiger charge is -2.26. The predicted octanol–water partition coefficient (Wildman–Crippen LogP) is 2.19. The first kappa shape index (κ1) is 14.9. The molecule has 0 fully saturated rings. The van der Waals surface area contributed by atoms with E-state index in [-0.39, 0.29) is 5.91 Å². The van der Waals surface area contributed by atoms with Crippen LogP contribution in [-0.4, -0.2) is 25.6 Å². The second-order valence-corrected chi connectivity index (χ2v) is 5.25. The van der Waals surface area contributed by atoms with Crippen LogP contribution in [0.25, 0.3) is 0 Å². The van der Waals surface area contributed by atoms with Gasteiger partial charge < -0.3 is 15.4 Å². The second kappa shape index (κ2) is 6.75. The van der Waals surface area contributed by atoms with E-state index in [1.807, 2.05) is 20.0 Å². The van der Waals surface area contributed by atoms with Gasteiger partial charge in [-0.25, -0.2) is 0 Å². The third-order valence-corrected chi connectivity index (χ3v) is 3.81. The number of hydrogen-bond acceptors (Lipinski definition) is 3. The molecule has 2 rings (SSSR count). The summed E-state index contributed by atoms with van der Waals surface area (Å²) in [5.74, 6) is 0.706. The minimum atomic E-state index is -0.461. The number of carbonyl (C=O) groups is 1. The molecule has 0 bridgehead atoms. The molecule has 20 heavy (non-hydrogen) atoms. The molecule has 0 spiro atoms. The summed E-state index contributed by atoms with van der Waals surface area (Å²) < 4.78 is 5.73. The first-order valence-corrected chi connectivity index (χ1v) is 7.40. The standard InChI is InChI=1S/C16H24N2O2/c1-4-18-16(19)11(2)20-13-8-9-14-12(10-13)6-5-7-15(14)17-3/h8-11,15,17H,4-7H2,1-3H3,(H,18,19). The fraction of sp³-hybridized carbons (Fsp3) is 0.562. The first-order valence-electron chi connectivity index (χ1n) is 7.40. The molecule has 2 atom stereocenters. The maximum absolute atomic E-state index is 11.7. The second-order valence-electron chi connectivity index (χ2n) is 5.25. The van der Waals surface area contributed by atoms with Crippen LogP contribution in [0.2, 0.25) is 0 Å². The Hall–Kier alpha value is -1.55. The highest BCUT2D eigenvalue weighted by Gasteiger charge is 2.20. The van der Waals surface area contributed by atoms with Crippen LogP contribution in [0.1, 0.15) is 43.9 Å². The largest absolute Gasteiger partial charge is 0.481 e. The average molecular weight is 276 g/mol. The lowest BCUT2D eigenvalue weighted by Crippen LogP contribution is -2.36. The van der Waals surface area contributed by atoms with Gasteiger partial charge in [-0.3, -0.25) is 4.79 Å². The molecule has 2 N–H and O–H groups in total. The lowest BCUT2D eigenvalue weighted by molar-refractivity contribution is -0.127. The van der Waals surface area contributed by atoms with E-state index in [0.29, 0.717) is 12.6 Å². The van der Waals surface area contributed by atoms with Crippen molar-refractivity contribution in [2.45, 2.75) is 45.3 Å². The van der Waals surface area contributed by atoms with Gasteiger partial charge in [0.15, 0.2) is 6.10 Å². The highest BCUT2D eigenvalue weighted by molar-refractivity contribution is 5.80. The van der Waals surface area contributed by atoms with Crippen LogP contribution in [0.5, 0.6) is 5.75 Å². The van der Waals surface area contributed by atoms with Crippen molar-refractivity contribution >= 4 is 5.91 Å². The van der Waals surface area contributed by atoms with E-state index in [9.17, 15) is 4.79 Å². The van der Waals surface area contributed by atoms with Crippen LogP contribution in [0.4, 0.5) is 0 Å². The maximum Gasteiger partial charge on any atom is 0.260 e. The van der Waals surface area contributed by atoms with E-state index in [2.05, 4.69) is 22.8 Å². The number of carbonyl (C=O) groups excluding carboxylic acids is 1. The van der Waals surface area contributed by atoms with E-state index in [0.717, 1.165) is 12.2 Å². The minimum Gasteiger partial charge on any atom is -0.481 e. The fourth-order valence-electron chi connectivity index (χ4n) is 2.74. The van der Waals surface area contributed by atoms with Crippen LogP contribution in [-0.2, 0) is 11.2 Å². The molecule has 4 nitrogen and oxygen atoms in total. The minimum absolute atomic E-state index is 0.0710. The zero-order valence-electron chi connectivity index (χ0n) is 12.5. The SMILES string of the molecule is CCNC(=O)C(C)Oc1ccc2c(c1)CCCC2NC. The normalized spacial score (nSPS) is 19.1. The molecule has 2 unspecified atom stereocenters. The van der Waals surface area contributed by atoms with E-state index in [1.165, 1.54) is 24.0 Å². The number of likely N-dealkylation sites (N-methyl/N-ethyl adjacent to an activating group) is 1. The monoisotopic (exact) mass is 276 g/mol. The van der Waals surface area contributed by atoms with Crippen molar-refractivity contribution in [3.63, 3.8) is 0 Å². The molecule has 110 valence electrons. The zero-order valence-corrected chi connectivity index (χ0v) is 12.5. The highest BCUT2D eigenvalue weighted by Crippen LogP contribution is 2.32. The Morgan fingerprint density at radius 1 is 1.50 bits per heavy atom. The number of benzene rings is 1. The summed E-state index contributed by atoms with van der Waals surface area (Å²) in [6.45, 7) is 4.31. The maximum atomic E-state index is 11.7. The van der Waals surface area contributed by atoms with Crippen LogP contribution in [0.3, 0.4) is 0 Å². The van der Waals surface area contributed by atoms with Gasteiger partial charge in [0.25, 0.3) is 5.91 Å². The number of amides is 1. The number of hydrogen-bond donors (Lipinski definition) is 2. The fourth-order valence-corrected chi connectivity index (χ4v) is 2.74. The molecule has 1 aliphatic carbocycles. The van der Waals surface area contributed by atoms with Gasteiger partial charge in [-0.05, 0) is 63.4 Å². The zero-order chi connectivity index (χ0) is 14.5. The van der Waals surface area contributed by atoms with Gasteiger partial charge in [-0.1, -0.05) is 6.07 Å². The Kier molecular flexibility index (Phi) is 5.01. The van der Waals surface area contributed by atoms with Crippen molar-refractivity contribution in [3.8, 4) is 5.75 Å². The third kappa shape index (κ3) is 3.31. The Morgan fingerprint density at radius 2 is 2.30 bits per heavy atom. The molecule has 0 aromatic heterocycles. The summed E-state index contributed by atoms with van der Waals surface area (Å²) in [7, 11) is 2.00. The molecular formula is C16H24N2O2. The Bertz CT molecular complexity index is 474. The number of nitrogens with one attached hydrogen (secondary N) is 2. The highest BCUT2D eigenvalue weighted by atomic mass is 16.5. The summed E-state index contributed by atoms with van der Waals surface area (Å²) in [5.41, 5.74) is 2.69. The van der Waals surface area contributed by atoms with Gasteiger partial charge in [0.2, 0.25) is 0 Å². The van der Waals surface area contributed by atoms with Gasteiger partial charge in [0, 0.05) is 12.6 Å². The van der Waals surface area contributed by atoms with Crippen LogP contribution < -0.4 is 15.4 Å². The van der Waals surface area contributed by atoms with E-state index in [1.54, 1.807) is 6.92 Å². The molecule has 0 heterocycles. The van der Waals surface area contributed by atoms with Crippen LogP contribution in [0.15, 0.2) is 18.2 Å². The molecule has 0 radical (unpaired) electrons. The van der Waals surface area contributed by atoms with Crippen molar-refractivity contribution in [1.82, 2.24) is 10.6 Å². The first-order chi connectivity index (χ1) is 9.65. The van der Waals surface area contributed by atoms with Crippen molar-refractivity contribution in [2.24, 2.45) is 0 Å². The summed E-state index contributed by atoms with van der Waals surface area (Å²) in [4.78, 5) is 11.7. The van der Waals surface area contributed by atoms with E-state index < -0.39 is 6.10 Å². The van der Waals surface area contributed by atoms with Gasteiger partial charge in [0.1, 0.15) is 5.75 Å².